The molecular formula is C19H21N5O2. The van der Waals surface area contributed by atoms with Crippen LogP contribution in [0.2, 0.25) is 0 Å². The molecule has 7 nitrogen and oxygen atoms in total. The van der Waals surface area contributed by atoms with Gasteiger partial charge in [-0.15, -0.1) is 0 Å². The number of fused-ring (bicyclic) bond motifs is 1. The molecule has 26 heavy (non-hydrogen) atoms. The Balaban J connectivity index is 1.41. The Bertz CT molecular complexity index is 880. The number of aromatic nitrogens is 3. The first-order valence-corrected chi connectivity index (χ1v) is 8.74. The van der Waals surface area contributed by atoms with Gasteiger partial charge in [-0.1, -0.05) is 18.2 Å². The van der Waals surface area contributed by atoms with Gasteiger partial charge in [-0.25, -0.2) is 9.97 Å². The van der Waals surface area contributed by atoms with Crippen molar-refractivity contribution in [3.05, 3.63) is 54.6 Å². The van der Waals surface area contributed by atoms with Crippen LogP contribution in [-0.2, 0) is 16.0 Å². The average Bonchev–Trinajstić information content (AvgIpc) is 3.07. The van der Waals surface area contributed by atoms with Gasteiger partial charge in [-0.2, -0.15) is 0 Å². The molecule has 134 valence electrons. The number of para-hydroxylation sites is 1. The topological polar surface area (TPSA) is 91.9 Å². The molecule has 3 aromatic rings. The quantitative estimate of drug-likeness (QED) is 0.653. The molecular weight excluding hydrogens is 330 g/mol. The minimum absolute atomic E-state index is 0.00331. The van der Waals surface area contributed by atoms with E-state index in [1.165, 1.54) is 6.33 Å². The fourth-order valence-electron chi connectivity index (χ4n) is 3.33. The Morgan fingerprint density at radius 2 is 2.19 bits per heavy atom. The number of aromatic amines is 1. The summed E-state index contributed by atoms with van der Waals surface area (Å²) >= 11 is 0. The molecule has 2 aromatic heterocycles. The molecule has 4 rings (SSSR count). The Morgan fingerprint density at radius 1 is 1.27 bits per heavy atom. The summed E-state index contributed by atoms with van der Waals surface area (Å²) in [5.41, 5.74) is 2.05. The highest BCUT2D eigenvalue weighted by Crippen LogP contribution is 2.19. The number of H-pyrrole nitrogens is 1. The number of carbonyl (C=O) groups is 1. The summed E-state index contributed by atoms with van der Waals surface area (Å²) in [6.45, 7) is 1.17. The molecule has 3 N–H and O–H groups in total. The van der Waals surface area contributed by atoms with Gasteiger partial charge < -0.3 is 20.4 Å². The lowest BCUT2D eigenvalue weighted by atomic mass is 10.0. The van der Waals surface area contributed by atoms with Crippen LogP contribution < -0.4 is 10.6 Å². The smallest absolute Gasteiger partial charge is 0.224 e. The molecule has 1 aromatic carbocycles. The maximum absolute atomic E-state index is 12.6. The van der Waals surface area contributed by atoms with Crippen molar-refractivity contribution in [2.75, 3.05) is 18.5 Å². The molecule has 7 heteroatoms. The Morgan fingerprint density at radius 3 is 3.08 bits per heavy atom. The van der Waals surface area contributed by atoms with E-state index >= 15 is 0 Å². The first kappa shape index (κ1) is 16.5. The number of hydrogen-bond donors (Lipinski definition) is 3. The minimum Gasteiger partial charge on any atom is -0.379 e. The van der Waals surface area contributed by atoms with Gasteiger partial charge in [0, 0.05) is 29.9 Å². The lowest BCUT2D eigenvalue weighted by molar-refractivity contribution is -0.121. The van der Waals surface area contributed by atoms with Crippen LogP contribution in [0.25, 0.3) is 10.9 Å². The van der Waals surface area contributed by atoms with E-state index in [1.54, 1.807) is 12.3 Å². The highest BCUT2D eigenvalue weighted by Gasteiger charge is 2.27. The molecule has 1 saturated heterocycles. The van der Waals surface area contributed by atoms with E-state index in [0.29, 0.717) is 19.6 Å². The van der Waals surface area contributed by atoms with Crippen LogP contribution in [0, 0.1) is 0 Å². The zero-order valence-electron chi connectivity index (χ0n) is 14.3. The lowest BCUT2D eigenvalue weighted by Crippen LogP contribution is -2.52. The van der Waals surface area contributed by atoms with Crippen LogP contribution in [0.15, 0.2) is 49.1 Å². The number of nitrogens with one attached hydrogen (secondary N) is 3. The van der Waals surface area contributed by atoms with Gasteiger partial charge in [0.05, 0.1) is 25.1 Å². The number of amides is 1. The van der Waals surface area contributed by atoms with Gasteiger partial charge >= 0.3 is 0 Å². The van der Waals surface area contributed by atoms with Crippen molar-refractivity contribution < 1.29 is 9.53 Å². The first-order valence-electron chi connectivity index (χ1n) is 8.74. The zero-order chi connectivity index (χ0) is 17.8. The summed E-state index contributed by atoms with van der Waals surface area (Å²) in [6, 6.07) is 9.78. The maximum atomic E-state index is 12.6. The van der Waals surface area contributed by atoms with Gasteiger partial charge in [-0.05, 0) is 24.1 Å². The first-order chi connectivity index (χ1) is 12.8. The number of hydrogen-bond acceptors (Lipinski definition) is 5. The number of benzene rings is 1. The summed E-state index contributed by atoms with van der Waals surface area (Å²) in [5, 5.41) is 7.57. The minimum atomic E-state index is -0.0226. The van der Waals surface area contributed by atoms with Crippen molar-refractivity contribution in [2.45, 2.75) is 24.9 Å². The van der Waals surface area contributed by atoms with Crippen LogP contribution >= 0.6 is 0 Å². The maximum Gasteiger partial charge on any atom is 0.224 e. The normalized spacial score (nSPS) is 20.0. The molecule has 0 unspecified atom stereocenters. The molecule has 1 amide bonds. The molecule has 0 spiro atoms. The third kappa shape index (κ3) is 3.67. The van der Waals surface area contributed by atoms with E-state index in [-0.39, 0.29) is 18.0 Å². The molecule has 0 bridgehead atoms. The molecule has 1 aliphatic heterocycles. The third-order valence-electron chi connectivity index (χ3n) is 4.64. The molecule has 2 atom stereocenters. The monoisotopic (exact) mass is 351 g/mol. The fourth-order valence-corrected chi connectivity index (χ4v) is 3.33. The number of ether oxygens (including phenoxy) is 1. The number of nitrogens with zero attached hydrogens (tertiary/aromatic N) is 2. The van der Waals surface area contributed by atoms with E-state index in [2.05, 4.69) is 25.6 Å². The molecule has 0 aliphatic carbocycles. The van der Waals surface area contributed by atoms with Crippen LogP contribution in [0.5, 0.6) is 0 Å². The van der Waals surface area contributed by atoms with E-state index in [9.17, 15) is 4.79 Å². The van der Waals surface area contributed by atoms with Crippen molar-refractivity contribution in [3.63, 3.8) is 0 Å². The summed E-state index contributed by atoms with van der Waals surface area (Å²) < 4.78 is 5.57. The predicted molar refractivity (Wildman–Crippen MR) is 98.8 cm³/mol. The standard InChI is InChI=1S/C19H21N5O2/c25-19(9-13-10-21-15-4-2-1-3-14(13)15)24-16-6-8-26-11-17(16)23-18-5-7-20-12-22-18/h1-5,7,10,12,16-17,21H,6,8-9,11H2,(H,24,25)(H,20,22,23)/t16-,17+/m0/s1. The van der Waals surface area contributed by atoms with Gasteiger partial charge in [0.1, 0.15) is 12.1 Å². The van der Waals surface area contributed by atoms with Crippen LogP contribution in [0.1, 0.15) is 12.0 Å². The third-order valence-corrected chi connectivity index (χ3v) is 4.64. The highest BCUT2D eigenvalue weighted by atomic mass is 16.5. The number of rotatable bonds is 5. The van der Waals surface area contributed by atoms with Crippen molar-refractivity contribution in [3.8, 4) is 0 Å². The van der Waals surface area contributed by atoms with Gasteiger partial charge in [0.15, 0.2) is 0 Å². The average molecular weight is 351 g/mol. The van der Waals surface area contributed by atoms with Gasteiger partial charge in [0.2, 0.25) is 5.91 Å². The summed E-state index contributed by atoms with van der Waals surface area (Å²) in [6.07, 6.45) is 6.20. The molecule has 1 aliphatic rings. The Hall–Kier alpha value is -2.93. The largest absolute Gasteiger partial charge is 0.379 e. The van der Waals surface area contributed by atoms with Crippen LogP contribution in [0.3, 0.4) is 0 Å². The van der Waals surface area contributed by atoms with Gasteiger partial charge in [0.25, 0.3) is 0 Å². The zero-order valence-corrected chi connectivity index (χ0v) is 14.3. The molecule has 0 radical (unpaired) electrons. The van der Waals surface area contributed by atoms with E-state index < -0.39 is 0 Å². The Labute approximate surface area is 151 Å². The summed E-state index contributed by atoms with van der Waals surface area (Å²) in [5.74, 6) is 0.738. The molecule has 3 heterocycles. The number of carbonyl (C=O) groups excluding carboxylic acids is 1. The van der Waals surface area contributed by atoms with Crippen molar-refractivity contribution in [2.24, 2.45) is 0 Å². The second-order valence-electron chi connectivity index (χ2n) is 6.42. The Kier molecular flexibility index (Phi) is 4.79. The van der Waals surface area contributed by atoms with E-state index in [4.69, 9.17) is 4.74 Å². The van der Waals surface area contributed by atoms with E-state index in [0.717, 1.165) is 28.7 Å². The fraction of sp³-hybridized carbons (Fsp3) is 0.316. The predicted octanol–water partition coefficient (Wildman–Crippen LogP) is 1.89. The summed E-state index contributed by atoms with van der Waals surface area (Å²) in [7, 11) is 0. The van der Waals surface area contributed by atoms with Crippen molar-refractivity contribution >= 4 is 22.6 Å². The number of anilines is 1. The molecule has 1 fully saturated rings. The molecule has 0 saturated carbocycles. The van der Waals surface area contributed by atoms with Crippen molar-refractivity contribution in [1.82, 2.24) is 20.3 Å². The second-order valence-corrected chi connectivity index (χ2v) is 6.42. The van der Waals surface area contributed by atoms with Gasteiger partial charge in [-0.3, -0.25) is 4.79 Å². The highest BCUT2D eigenvalue weighted by molar-refractivity contribution is 5.89. The van der Waals surface area contributed by atoms with Crippen LogP contribution in [-0.4, -0.2) is 46.2 Å². The van der Waals surface area contributed by atoms with E-state index in [1.807, 2.05) is 30.5 Å². The SMILES string of the molecule is O=C(Cc1c[nH]c2ccccc12)N[C@H]1CCOC[C@H]1Nc1ccncn1. The lowest BCUT2D eigenvalue weighted by Gasteiger charge is -2.33. The van der Waals surface area contributed by atoms with Crippen molar-refractivity contribution in [1.29, 1.82) is 0 Å². The van der Waals surface area contributed by atoms with Crippen LogP contribution in [0.4, 0.5) is 5.82 Å². The summed E-state index contributed by atoms with van der Waals surface area (Å²) in [4.78, 5) is 23.9. The second kappa shape index (κ2) is 7.53.